The average molecular weight is 332 g/mol. The van der Waals surface area contributed by atoms with Crippen LogP contribution in [-0.4, -0.2) is 35.8 Å². The van der Waals surface area contributed by atoms with Gasteiger partial charge in [-0.25, -0.2) is 0 Å². The molecule has 6 nitrogen and oxygen atoms in total. The monoisotopic (exact) mass is 332 g/mol. The van der Waals surface area contributed by atoms with Crippen molar-refractivity contribution in [3.8, 4) is 12.1 Å². The van der Waals surface area contributed by atoms with Gasteiger partial charge in [0.05, 0.1) is 24.2 Å². The van der Waals surface area contributed by atoms with E-state index in [0.29, 0.717) is 34.9 Å². The minimum absolute atomic E-state index is 0.147. The molecule has 2 aromatic carbocycles. The zero-order valence-electron chi connectivity index (χ0n) is 13.5. The van der Waals surface area contributed by atoms with E-state index < -0.39 is 6.04 Å². The van der Waals surface area contributed by atoms with Gasteiger partial charge in [0.15, 0.2) is 0 Å². The Morgan fingerprint density at radius 2 is 1.92 bits per heavy atom. The zero-order valence-corrected chi connectivity index (χ0v) is 13.5. The second-order valence-electron chi connectivity index (χ2n) is 5.88. The van der Waals surface area contributed by atoms with Crippen molar-refractivity contribution in [1.29, 1.82) is 10.5 Å². The molecule has 1 fully saturated rings. The third-order valence-corrected chi connectivity index (χ3v) is 4.41. The van der Waals surface area contributed by atoms with Gasteiger partial charge >= 0.3 is 0 Å². The maximum absolute atomic E-state index is 12.5. The molecular formula is C19H16N4O2. The van der Waals surface area contributed by atoms with Crippen LogP contribution < -0.4 is 5.32 Å². The standard InChI is InChI=1S/C19H16N4O2/c20-10-13-4-1-7-16-15(13)6-2-8-17(16)19(25)22-12-18(24)23-9-3-5-14(23)11-21/h1-2,4,6-8,14H,3,5,9,12H2,(H,22,25)/t14-/m0/s1. The van der Waals surface area contributed by atoms with Crippen molar-refractivity contribution in [1.82, 2.24) is 10.2 Å². The highest BCUT2D eigenvalue weighted by molar-refractivity contribution is 6.08. The van der Waals surface area contributed by atoms with Crippen molar-refractivity contribution >= 4 is 22.6 Å². The minimum Gasteiger partial charge on any atom is -0.343 e. The first kappa shape index (κ1) is 16.5. The van der Waals surface area contributed by atoms with Crippen LogP contribution in [0.5, 0.6) is 0 Å². The molecule has 6 heteroatoms. The Balaban J connectivity index is 1.76. The van der Waals surface area contributed by atoms with Crippen LogP contribution >= 0.6 is 0 Å². The number of hydrogen-bond acceptors (Lipinski definition) is 4. The molecule has 0 bridgehead atoms. The van der Waals surface area contributed by atoms with Crippen molar-refractivity contribution in [3.05, 3.63) is 47.5 Å². The summed E-state index contributed by atoms with van der Waals surface area (Å²) in [6, 6.07) is 14.2. The van der Waals surface area contributed by atoms with Crippen LogP contribution in [0.25, 0.3) is 10.8 Å². The highest BCUT2D eigenvalue weighted by atomic mass is 16.2. The number of nitriles is 2. The lowest BCUT2D eigenvalue weighted by molar-refractivity contribution is -0.130. The fourth-order valence-electron chi connectivity index (χ4n) is 3.16. The van der Waals surface area contributed by atoms with Crippen LogP contribution in [-0.2, 0) is 4.79 Å². The predicted octanol–water partition coefficient (Wildman–Crippen LogP) is 1.96. The molecule has 0 unspecified atom stereocenters. The number of likely N-dealkylation sites (tertiary alicyclic amines) is 1. The number of carbonyl (C=O) groups excluding carboxylic acids is 2. The fraction of sp³-hybridized carbons (Fsp3) is 0.263. The molecule has 1 atom stereocenters. The molecule has 1 N–H and O–H groups in total. The number of nitrogens with zero attached hydrogens (tertiary/aromatic N) is 3. The van der Waals surface area contributed by atoms with Gasteiger partial charge in [-0.1, -0.05) is 24.3 Å². The molecule has 0 saturated carbocycles. The van der Waals surface area contributed by atoms with E-state index >= 15 is 0 Å². The summed E-state index contributed by atoms with van der Waals surface area (Å²) in [6.45, 7) is 0.401. The average Bonchev–Trinajstić information content (AvgIpc) is 3.13. The molecule has 1 saturated heterocycles. The van der Waals surface area contributed by atoms with Gasteiger partial charge in [-0.3, -0.25) is 9.59 Å². The normalized spacial score (nSPS) is 16.2. The number of nitrogens with one attached hydrogen (secondary N) is 1. The summed E-state index contributed by atoms with van der Waals surface area (Å²) >= 11 is 0. The predicted molar refractivity (Wildman–Crippen MR) is 91.3 cm³/mol. The molecule has 2 amide bonds. The molecule has 0 radical (unpaired) electrons. The quantitative estimate of drug-likeness (QED) is 0.929. The summed E-state index contributed by atoms with van der Waals surface area (Å²) in [5.41, 5.74) is 0.915. The second kappa shape index (κ2) is 7.02. The van der Waals surface area contributed by atoms with Crippen LogP contribution in [0.2, 0.25) is 0 Å². The number of fused-ring (bicyclic) bond motifs is 1. The first-order valence-corrected chi connectivity index (χ1v) is 8.05. The van der Waals surface area contributed by atoms with E-state index in [0.717, 1.165) is 6.42 Å². The highest BCUT2D eigenvalue weighted by Gasteiger charge is 2.28. The Hall–Kier alpha value is -3.38. The lowest BCUT2D eigenvalue weighted by atomic mass is 10.0. The molecular weight excluding hydrogens is 316 g/mol. The van der Waals surface area contributed by atoms with Gasteiger partial charge < -0.3 is 10.2 Å². The second-order valence-corrected chi connectivity index (χ2v) is 5.88. The van der Waals surface area contributed by atoms with Gasteiger partial charge in [0.2, 0.25) is 5.91 Å². The molecule has 0 aromatic heterocycles. The Kier molecular flexibility index (Phi) is 4.63. The number of amides is 2. The van der Waals surface area contributed by atoms with Crippen LogP contribution in [0.4, 0.5) is 0 Å². The van der Waals surface area contributed by atoms with Gasteiger partial charge in [-0.15, -0.1) is 0 Å². The van der Waals surface area contributed by atoms with Gasteiger partial charge in [-0.05, 0) is 30.4 Å². The summed E-state index contributed by atoms with van der Waals surface area (Å²) in [6.07, 6.45) is 1.48. The van der Waals surface area contributed by atoms with E-state index in [-0.39, 0.29) is 18.4 Å². The number of rotatable bonds is 3. The van der Waals surface area contributed by atoms with Crippen molar-refractivity contribution in [2.75, 3.05) is 13.1 Å². The Morgan fingerprint density at radius 3 is 2.68 bits per heavy atom. The first-order chi connectivity index (χ1) is 12.2. The molecule has 0 aliphatic carbocycles. The van der Waals surface area contributed by atoms with Gasteiger partial charge in [0, 0.05) is 17.5 Å². The smallest absolute Gasteiger partial charge is 0.252 e. The zero-order chi connectivity index (χ0) is 17.8. The Bertz CT molecular complexity index is 923. The summed E-state index contributed by atoms with van der Waals surface area (Å²) in [5, 5.41) is 22.2. The third kappa shape index (κ3) is 3.15. The summed E-state index contributed by atoms with van der Waals surface area (Å²) in [7, 11) is 0. The summed E-state index contributed by atoms with van der Waals surface area (Å²) in [4.78, 5) is 26.2. The molecule has 1 aliphatic heterocycles. The minimum atomic E-state index is -0.403. The summed E-state index contributed by atoms with van der Waals surface area (Å²) in [5.74, 6) is -0.628. The maximum atomic E-state index is 12.5. The molecule has 124 valence electrons. The highest BCUT2D eigenvalue weighted by Crippen LogP contribution is 2.22. The van der Waals surface area contributed by atoms with E-state index in [1.807, 2.05) is 0 Å². The molecule has 1 heterocycles. The Morgan fingerprint density at radius 1 is 1.16 bits per heavy atom. The van der Waals surface area contributed by atoms with Crippen LogP contribution in [0.3, 0.4) is 0 Å². The Labute approximate surface area is 145 Å². The van der Waals surface area contributed by atoms with Crippen molar-refractivity contribution in [2.45, 2.75) is 18.9 Å². The lowest BCUT2D eigenvalue weighted by Crippen LogP contribution is -2.42. The molecule has 1 aliphatic rings. The van der Waals surface area contributed by atoms with Crippen LogP contribution in [0.15, 0.2) is 36.4 Å². The number of hydrogen-bond donors (Lipinski definition) is 1. The topological polar surface area (TPSA) is 97.0 Å². The van der Waals surface area contributed by atoms with Gasteiger partial charge in [-0.2, -0.15) is 10.5 Å². The maximum Gasteiger partial charge on any atom is 0.252 e. The molecule has 2 aromatic rings. The van der Waals surface area contributed by atoms with Crippen molar-refractivity contribution in [3.63, 3.8) is 0 Å². The van der Waals surface area contributed by atoms with Crippen molar-refractivity contribution in [2.24, 2.45) is 0 Å². The van der Waals surface area contributed by atoms with Gasteiger partial charge in [0.1, 0.15) is 6.04 Å². The van der Waals surface area contributed by atoms with Crippen LogP contribution in [0.1, 0.15) is 28.8 Å². The number of carbonyl (C=O) groups is 2. The SMILES string of the molecule is N#Cc1cccc2c(C(=O)NCC(=O)N3CCC[C@H]3C#N)cccc12. The lowest BCUT2D eigenvalue weighted by Gasteiger charge is -2.19. The van der Waals surface area contributed by atoms with Crippen LogP contribution in [0, 0.1) is 22.7 Å². The van der Waals surface area contributed by atoms with Gasteiger partial charge in [0.25, 0.3) is 5.91 Å². The molecule has 0 spiro atoms. The van der Waals surface area contributed by atoms with E-state index in [9.17, 15) is 14.9 Å². The third-order valence-electron chi connectivity index (χ3n) is 4.41. The number of benzene rings is 2. The fourth-order valence-corrected chi connectivity index (χ4v) is 3.16. The molecule has 3 rings (SSSR count). The van der Waals surface area contributed by atoms with Crippen molar-refractivity contribution < 1.29 is 9.59 Å². The van der Waals surface area contributed by atoms with E-state index in [4.69, 9.17) is 5.26 Å². The van der Waals surface area contributed by atoms with E-state index in [1.165, 1.54) is 4.90 Å². The largest absolute Gasteiger partial charge is 0.343 e. The summed E-state index contributed by atoms with van der Waals surface area (Å²) < 4.78 is 0. The molecule has 25 heavy (non-hydrogen) atoms. The van der Waals surface area contributed by atoms with E-state index in [1.54, 1.807) is 36.4 Å². The van der Waals surface area contributed by atoms with E-state index in [2.05, 4.69) is 17.5 Å². The first-order valence-electron chi connectivity index (χ1n) is 8.05.